The number of hydrogen-bond donors (Lipinski definition) is 1. The standard InChI is InChI=1S/C15H23ClN2/c1-11(2)8-9-18(12-6-7-12)15-5-3-4-14(16)13(15)10-17/h3-5,11-12H,6-10,17H2,1-2H3. The van der Waals surface area contributed by atoms with Crippen molar-refractivity contribution in [3.05, 3.63) is 28.8 Å². The van der Waals surface area contributed by atoms with E-state index >= 15 is 0 Å². The molecular weight excluding hydrogens is 244 g/mol. The SMILES string of the molecule is CC(C)CCN(c1cccc(Cl)c1CN)C1CC1. The van der Waals surface area contributed by atoms with E-state index in [2.05, 4.69) is 24.8 Å². The summed E-state index contributed by atoms with van der Waals surface area (Å²) in [4.78, 5) is 2.51. The normalized spacial score (nSPS) is 15.2. The Labute approximate surface area is 115 Å². The average Bonchev–Trinajstić information content (AvgIpc) is 3.13. The quantitative estimate of drug-likeness (QED) is 0.848. The van der Waals surface area contributed by atoms with Gasteiger partial charge in [0.05, 0.1) is 0 Å². The van der Waals surface area contributed by atoms with E-state index in [1.807, 2.05) is 12.1 Å². The van der Waals surface area contributed by atoms with Gasteiger partial charge in [-0.2, -0.15) is 0 Å². The molecule has 0 bridgehead atoms. The molecule has 1 aliphatic carbocycles. The largest absolute Gasteiger partial charge is 0.368 e. The van der Waals surface area contributed by atoms with Crippen molar-refractivity contribution in [3.8, 4) is 0 Å². The first-order valence-corrected chi connectivity index (χ1v) is 7.25. The molecule has 2 N–H and O–H groups in total. The molecule has 0 amide bonds. The molecular formula is C15H23ClN2. The van der Waals surface area contributed by atoms with Gasteiger partial charge >= 0.3 is 0 Å². The third kappa shape index (κ3) is 3.18. The molecule has 0 radical (unpaired) electrons. The van der Waals surface area contributed by atoms with Crippen molar-refractivity contribution < 1.29 is 0 Å². The van der Waals surface area contributed by atoms with Crippen molar-refractivity contribution in [2.75, 3.05) is 11.4 Å². The topological polar surface area (TPSA) is 29.3 Å². The Bertz CT molecular complexity index is 399. The summed E-state index contributed by atoms with van der Waals surface area (Å²) in [5, 5.41) is 0.796. The highest BCUT2D eigenvalue weighted by molar-refractivity contribution is 6.31. The molecule has 0 atom stereocenters. The monoisotopic (exact) mass is 266 g/mol. The zero-order valence-electron chi connectivity index (χ0n) is 11.3. The Hall–Kier alpha value is -0.730. The number of nitrogens with two attached hydrogens (primary N) is 1. The van der Waals surface area contributed by atoms with Crippen LogP contribution in [0.15, 0.2) is 18.2 Å². The van der Waals surface area contributed by atoms with Crippen LogP contribution in [-0.4, -0.2) is 12.6 Å². The minimum Gasteiger partial charge on any atom is -0.368 e. The van der Waals surface area contributed by atoms with Gasteiger partial charge < -0.3 is 10.6 Å². The smallest absolute Gasteiger partial charge is 0.0471 e. The summed E-state index contributed by atoms with van der Waals surface area (Å²) >= 11 is 6.25. The first-order valence-electron chi connectivity index (χ1n) is 6.87. The lowest BCUT2D eigenvalue weighted by atomic mass is 10.1. The van der Waals surface area contributed by atoms with Crippen LogP contribution in [0.3, 0.4) is 0 Å². The second-order valence-corrected chi connectivity index (χ2v) is 5.96. The van der Waals surface area contributed by atoms with Gasteiger partial charge in [0.15, 0.2) is 0 Å². The van der Waals surface area contributed by atoms with Gasteiger partial charge in [-0.15, -0.1) is 0 Å². The highest BCUT2D eigenvalue weighted by Gasteiger charge is 2.30. The number of hydrogen-bond acceptors (Lipinski definition) is 2. The van der Waals surface area contributed by atoms with E-state index in [-0.39, 0.29) is 0 Å². The van der Waals surface area contributed by atoms with Crippen LogP contribution in [0.4, 0.5) is 5.69 Å². The summed E-state index contributed by atoms with van der Waals surface area (Å²) in [5.74, 6) is 0.728. The highest BCUT2D eigenvalue weighted by Crippen LogP contribution is 2.36. The van der Waals surface area contributed by atoms with Crippen LogP contribution >= 0.6 is 11.6 Å². The maximum absolute atomic E-state index is 6.25. The van der Waals surface area contributed by atoms with Crippen LogP contribution in [0.1, 0.15) is 38.7 Å². The molecule has 0 aromatic heterocycles. The average molecular weight is 267 g/mol. The number of halogens is 1. The van der Waals surface area contributed by atoms with Gasteiger partial charge in [-0.05, 0) is 37.3 Å². The van der Waals surface area contributed by atoms with E-state index in [9.17, 15) is 0 Å². The van der Waals surface area contributed by atoms with Crippen LogP contribution in [0.2, 0.25) is 5.02 Å². The van der Waals surface area contributed by atoms with Crippen LogP contribution in [0.5, 0.6) is 0 Å². The molecule has 0 saturated heterocycles. The molecule has 2 rings (SSSR count). The molecule has 18 heavy (non-hydrogen) atoms. The lowest BCUT2D eigenvalue weighted by Gasteiger charge is -2.28. The molecule has 0 heterocycles. The second kappa shape index (κ2) is 5.94. The molecule has 2 nitrogen and oxygen atoms in total. The highest BCUT2D eigenvalue weighted by atomic mass is 35.5. The summed E-state index contributed by atoms with van der Waals surface area (Å²) in [6.07, 6.45) is 3.82. The minimum absolute atomic E-state index is 0.514. The van der Waals surface area contributed by atoms with E-state index < -0.39 is 0 Å². The molecule has 0 aliphatic heterocycles. The van der Waals surface area contributed by atoms with Gasteiger partial charge in [-0.1, -0.05) is 31.5 Å². The van der Waals surface area contributed by atoms with Crippen molar-refractivity contribution in [1.29, 1.82) is 0 Å². The lowest BCUT2D eigenvalue weighted by molar-refractivity contribution is 0.570. The van der Waals surface area contributed by atoms with Gasteiger partial charge in [0.2, 0.25) is 0 Å². The minimum atomic E-state index is 0.514. The van der Waals surface area contributed by atoms with Crippen molar-refractivity contribution in [3.63, 3.8) is 0 Å². The van der Waals surface area contributed by atoms with Crippen molar-refractivity contribution in [2.45, 2.75) is 45.7 Å². The van der Waals surface area contributed by atoms with Gasteiger partial charge in [-0.25, -0.2) is 0 Å². The maximum atomic E-state index is 6.25. The Morgan fingerprint density at radius 2 is 2.11 bits per heavy atom. The zero-order chi connectivity index (χ0) is 13.1. The van der Waals surface area contributed by atoms with E-state index in [1.165, 1.54) is 24.9 Å². The van der Waals surface area contributed by atoms with E-state index in [1.54, 1.807) is 0 Å². The molecule has 1 fully saturated rings. The first-order chi connectivity index (χ1) is 8.63. The molecule has 1 aromatic rings. The van der Waals surface area contributed by atoms with E-state index in [0.29, 0.717) is 12.6 Å². The molecule has 0 unspecified atom stereocenters. The molecule has 1 aromatic carbocycles. The molecule has 100 valence electrons. The van der Waals surface area contributed by atoms with Crippen molar-refractivity contribution >= 4 is 17.3 Å². The van der Waals surface area contributed by atoms with Crippen molar-refractivity contribution in [1.82, 2.24) is 0 Å². The fraction of sp³-hybridized carbons (Fsp3) is 0.600. The third-order valence-corrected chi connectivity index (χ3v) is 3.90. The maximum Gasteiger partial charge on any atom is 0.0471 e. The molecule has 1 aliphatic rings. The fourth-order valence-corrected chi connectivity index (χ4v) is 2.55. The summed E-state index contributed by atoms with van der Waals surface area (Å²) < 4.78 is 0. The van der Waals surface area contributed by atoms with Crippen LogP contribution in [0, 0.1) is 5.92 Å². The first kappa shape index (κ1) is 13.7. The van der Waals surface area contributed by atoms with Crippen LogP contribution in [0.25, 0.3) is 0 Å². The van der Waals surface area contributed by atoms with Gasteiger partial charge in [-0.3, -0.25) is 0 Å². The van der Waals surface area contributed by atoms with Gasteiger partial charge in [0, 0.05) is 35.4 Å². The Morgan fingerprint density at radius 1 is 1.39 bits per heavy atom. The molecule has 1 saturated carbocycles. The molecule has 0 spiro atoms. The molecule has 3 heteroatoms. The third-order valence-electron chi connectivity index (χ3n) is 3.54. The summed E-state index contributed by atoms with van der Waals surface area (Å²) in [7, 11) is 0. The summed E-state index contributed by atoms with van der Waals surface area (Å²) in [6.45, 7) is 6.16. The van der Waals surface area contributed by atoms with Crippen molar-refractivity contribution in [2.24, 2.45) is 11.7 Å². The Balaban J connectivity index is 2.22. The van der Waals surface area contributed by atoms with E-state index in [4.69, 9.17) is 17.3 Å². The summed E-state index contributed by atoms with van der Waals surface area (Å²) in [5.41, 5.74) is 8.19. The number of anilines is 1. The second-order valence-electron chi connectivity index (χ2n) is 5.55. The fourth-order valence-electron chi connectivity index (χ4n) is 2.30. The number of nitrogens with zero attached hydrogens (tertiary/aromatic N) is 1. The Kier molecular flexibility index (Phi) is 4.52. The number of rotatable bonds is 6. The Morgan fingerprint density at radius 3 is 2.67 bits per heavy atom. The van der Waals surface area contributed by atoms with Gasteiger partial charge in [0.25, 0.3) is 0 Å². The van der Waals surface area contributed by atoms with Gasteiger partial charge in [0.1, 0.15) is 0 Å². The number of benzene rings is 1. The van der Waals surface area contributed by atoms with Crippen LogP contribution < -0.4 is 10.6 Å². The predicted molar refractivity (Wildman–Crippen MR) is 79.2 cm³/mol. The van der Waals surface area contributed by atoms with Crippen LogP contribution in [-0.2, 0) is 6.54 Å². The zero-order valence-corrected chi connectivity index (χ0v) is 12.1. The van der Waals surface area contributed by atoms with E-state index in [0.717, 1.165) is 23.0 Å². The lowest BCUT2D eigenvalue weighted by Crippen LogP contribution is -2.29. The summed E-state index contributed by atoms with van der Waals surface area (Å²) in [6, 6.07) is 6.82. The predicted octanol–water partition coefficient (Wildman–Crippen LogP) is 3.81.